The Morgan fingerprint density at radius 2 is 1.95 bits per heavy atom. The third-order valence-electron chi connectivity index (χ3n) is 6.73. The monoisotopic (exact) mass is 587 g/mol. The normalized spacial score (nSPS) is 18.7. The van der Waals surface area contributed by atoms with Crippen LogP contribution in [0.2, 0.25) is 10.0 Å². The van der Waals surface area contributed by atoms with Crippen LogP contribution >= 0.6 is 23.2 Å². The number of amides is 1. The molecule has 1 saturated carbocycles. The summed E-state index contributed by atoms with van der Waals surface area (Å²) in [6.45, 7) is 1.99. The molecule has 0 radical (unpaired) electrons. The highest BCUT2D eigenvalue weighted by Gasteiger charge is 2.32. The maximum absolute atomic E-state index is 13.3. The van der Waals surface area contributed by atoms with Crippen molar-refractivity contribution < 1.29 is 23.1 Å². The number of aliphatic hydroxyl groups is 1. The number of imidazole rings is 1. The molecule has 1 aromatic carbocycles. The number of halogens is 5. The Kier molecular flexibility index (Phi) is 9.07. The molecule has 0 unspecified atom stereocenters. The summed E-state index contributed by atoms with van der Waals surface area (Å²) in [5.41, 5.74) is 5.38. The van der Waals surface area contributed by atoms with E-state index in [1.54, 1.807) is 10.8 Å². The standard InChI is InChI=1S/C25H30Cl2F3N7O2/c1-2-4-15(7-8-20(31)39)37-22-19(12-32-23(36-22)33-14-5-3-6-16(38)11-14)34-24(37)35-21-17(26)9-13(10-18(21)27)25(28,29)30/h9-10,12,14-16,38H,2-8,11H2,1H3,(H2,31,39)(H,34,35)(H,32,33,36)/t14-,15+,16+/m1/s1. The van der Waals surface area contributed by atoms with E-state index >= 15 is 0 Å². The molecule has 212 valence electrons. The Balaban J connectivity index is 1.77. The van der Waals surface area contributed by atoms with E-state index in [0.717, 1.165) is 37.8 Å². The SMILES string of the molecule is CCC[C@@H](CCC(N)=O)n1c(Nc2c(Cl)cc(C(F)(F)F)cc2Cl)nc2cnc(N[C@@H]3CCC[C@H](O)C3)nc21. The number of carbonyl (C=O) groups excluding carboxylic acids is 1. The van der Waals surface area contributed by atoms with Gasteiger partial charge in [-0.05, 0) is 50.7 Å². The lowest BCUT2D eigenvalue weighted by Gasteiger charge is -2.26. The van der Waals surface area contributed by atoms with E-state index in [-0.39, 0.29) is 46.3 Å². The maximum Gasteiger partial charge on any atom is 0.416 e. The third-order valence-corrected chi connectivity index (χ3v) is 7.33. The summed E-state index contributed by atoms with van der Waals surface area (Å²) in [5, 5.41) is 15.8. The summed E-state index contributed by atoms with van der Waals surface area (Å²) < 4.78 is 41.5. The summed E-state index contributed by atoms with van der Waals surface area (Å²) in [5.74, 6) is 0.123. The minimum absolute atomic E-state index is 0.00577. The molecular weight excluding hydrogens is 558 g/mol. The summed E-state index contributed by atoms with van der Waals surface area (Å²) in [6.07, 6.45) is 1.53. The predicted octanol–water partition coefficient (Wildman–Crippen LogP) is 6.22. The molecule has 39 heavy (non-hydrogen) atoms. The Morgan fingerprint density at radius 1 is 1.23 bits per heavy atom. The van der Waals surface area contributed by atoms with E-state index in [9.17, 15) is 23.1 Å². The van der Waals surface area contributed by atoms with Crippen LogP contribution in [0.25, 0.3) is 11.2 Å². The number of nitrogens with one attached hydrogen (secondary N) is 2. The van der Waals surface area contributed by atoms with E-state index in [1.807, 2.05) is 6.92 Å². The van der Waals surface area contributed by atoms with Crippen molar-refractivity contribution >= 4 is 57.9 Å². The Bertz CT molecular complexity index is 1310. The number of anilines is 3. The molecule has 3 aromatic rings. The third kappa shape index (κ3) is 7.03. The van der Waals surface area contributed by atoms with Crippen LogP contribution in [0.15, 0.2) is 18.3 Å². The van der Waals surface area contributed by atoms with Gasteiger partial charge < -0.3 is 21.5 Å². The fourth-order valence-electron chi connectivity index (χ4n) is 4.88. The second-order valence-corrected chi connectivity index (χ2v) is 10.6. The van der Waals surface area contributed by atoms with Gasteiger partial charge >= 0.3 is 6.18 Å². The van der Waals surface area contributed by atoms with Gasteiger partial charge in [0.2, 0.25) is 17.8 Å². The molecule has 0 spiro atoms. The summed E-state index contributed by atoms with van der Waals surface area (Å²) in [6, 6.07) is 1.31. The van der Waals surface area contributed by atoms with Gasteiger partial charge in [-0.3, -0.25) is 9.36 Å². The van der Waals surface area contributed by atoms with Crippen molar-refractivity contribution in [3.05, 3.63) is 33.9 Å². The molecule has 0 aliphatic heterocycles. The first kappa shape index (κ1) is 29.2. The van der Waals surface area contributed by atoms with Crippen LogP contribution in [0.4, 0.5) is 30.8 Å². The molecule has 1 amide bonds. The number of nitrogens with zero attached hydrogens (tertiary/aromatic N) is 4. The molecule has 1 aliphatic rings. The van der Waals surface area contributed by atoms with E-state index in [2.05, 4.69) is 20.6 Å². The molecule has 4 rings (SSSR count). The number of aliphatic hydroxyl groups excluding tert-OH is 1. The van der Waals surface area contributed by atoms with Gasteiger partial charge in [-0.15, -0.1) is 0 Å². The molecule has 0 saturated heterocycles. The Labute approximate surface area is 233 Å². The van der Waals surface area contributed by atoms with Gasteiger partial charge in [-0.25, -0.2) is 9.97 Å². The summed E-state index contributed by atoms with van der Waals surface area (Å²) in [4.78, 5) is 25.3. The number of rotatable bonds is 10. The Morgan fingerprint density at radius 3 is 2.56 bits per heavy atom. The molecule has 2 heterocycles. The molecule has 5 N–H and O–H groups in total. The van der Waals surface area contributed by atoms with Crippen LogP contribution in [0.1, 0.15) is 69.9 Å². The Hall–Kier alpha value is -2.83. The molecule has 9 nitrogen and oxygen atoms in total. The first-order valence-electron chi connectivity index (χ1n) is 12.8. The fourth-order valence-corrected chi connectivity index (χ4v) is 5.47. The zero-order valence-corrected chi connectivity index (χ0v) is 22.7. The smallest absolute Gasteiger partial charge is 0.393 e. The summed E-state index contributed by atoms with van der Waals surface area (Å²) >= 11 is 12.5. The van der Waals surface area contributed by atoms with Crippen molar-refractivity contribution in [3.63, 3.8) is 0 Å². The van der Waals surface area contributed by atoms with Crippen molar-refractivity contribution in [3.8, 4) is 0 Å². The predicted molar refractivity (Wildman–Crippen MR) is 144 cm³/mol. The largest absolute Gasteiger partial charge is 0.416 e. The van der Waals surface area contributed by atoms with Crippen LogP contribution < -0.4 is 16.4 Å². The topological polar surface area (TPSA) is 131 Å². The highest BCUT2D eigenvalue weighted by Crippen LogP contribution is 2.40. The number of primary amides is 1. The van der Waals surface area contributed by atoms with Gasteiger partial charge in [0.25, 0.3) is 0 Å². The number of hydrogen-bond donors (Lipinski definition) is 4. The molecule has 14 heteroatoms. The number of nitrogens with two attached hydrogens (primary N) is 1. The minimum atomic E-state index is -4.62. The van der Waals surface area contributed by atoms with E-state index < -0.39 is 17.6 Å². The zero-order chi connectivity index (χ0) is 28.3. The second-order valence-electron chi connectivity index (χ2n) is 9.75. The van der Waals surface area contributed by atoms with Crippen LogP contribution in [0.5, 0.6) is 0 Å². The molecule has 1 fully saturated rings. The average Bonchev–Trinajstić information content (AvgIpc) is 3.20. The highest BCUT2D eigenvalue weighted by atomic mass is 35.5. The van der Waals surface area contributed by atoms with Crippen molar-refractivity contribution in [2.24, 2.45) is 5.73 Å². The second kappa shape index (κ2) is 12.1. The molecular formula is C25H30Cl2F3N7O2. The molecule has 3 atom stereocenters. The van der Waals surface area contributed by atoms with Gasteiger partial charge in [0.1, 0.15) is 5.52 Å². The van der Waals surface area contributed by atoms with E-state index in [4.69, 9.17) is 33.9 Å². The van der Waals surface area contributed by atoms with Crippen LogP contribution in [0.3, 0.4) is 0 Å². The maximum atomic E-state index is 13.3. The molecule has 2 aromatic heterocycles. The zero-order valence-electron chi connectivity index (χ0n) is 21.2. The van der Waals surface area contributed by atoms with Crippen LogP contribution in [-0.4, -0.2) is 42.7 Å². The number of carbonyl (C=O) groups is 1. The fraction of sp³-hybridized carbons (Fsp3) is 0.520. The average molecular weight is 588 g/mol. The minimum Gasteiger partial charge on any atom is -0.393 e. The van der Waals surface area contributed by atoms with Crippen molar-refractivity contribution in [1.82, 2.24) is 19.5 Å². The van der Waals surface area contributed by atoms with Gasteiger partial charge in [-0.2, -0.15) is 18.2 Å². The lowest BCUT2D eigenvalue weighted by Crippen LogP contribution is -2.30. The number of fused-ring (bicyclic) bond motifs is 1. The molecule has 1 aliphatic carbocycles. The lowest BCUT2D eigenvalue weighted by atomic mass is 9.93. The first-order chi connectivity index (χ1) is 18.5. The van der Waals surface area contributed by atoms with Crippen molar-refractivity contribution in [2.75, 3.05) is 10.6 Å². The summed E-state index contributed by atoms with van der Waals surface area (Å²) in [7, 11) is 0. The van der Waals surface area contributed by atoms with Crippen LogP contribution in [-0.2, 0) is 11.0 Å². The molecule has 0 bridgehead atoms. The van der Waals surface area contributed by atoms with Crippen LogP contribution in [0, 0.1) is 0 Å². The number of aromatic nitrogens is 4. The van der Waals surface area contributed by atoms with Crippen molar-refractivity contribution in [1.29, 1.82) is 0 Å². The van der Waals surface area contributed by atoms with Gasteiger partial charge in [-0.1, -0.05) is 36.5 Å². The number of hydrogen-bond acceptors (Lipinski definition) is 7. The van der Waals surface area contributed by atoms with E-state index in [1.165, 1.54) is 0 Å². The van der Waals surface area contributed by atoms with Gasteiger partial charge in [0.05, 0.1) is 33.6 Å². The first-order valence-corrected chi connectivity index (χ1v) is 13.5. The van der Waals surface area contributed by atoms with Crippen molar-refractivity contribution in [2.45, 2.75) is 82.7 Å². The number of benzene rings is 1. The van der Waals surface area contributed by atoms with E-state index in [0.29, 0.717) is 36.4 Å². The van der Waals surface area contributed by atoms with Gasteiger partial charge in [0, 0.05) is 18.5 Å². The lowest BCUT2D eigenvalue weighted by molar-refractivity contribution is -0.137. The highest BCUT2D eigenvalue weighted by molar-refractivity contribution is 6.39. The number of alkyl halides is 3. The quantitative estimate of drug-likeness (QED) is 0.221. The van der Waals surface area contributed by atoms with Gasteiger partial charge in [0.15, 0.2) is 5.65 Å².